The summed E-state index contributed by atoms with van der Waals surface area (Å²) in [6, 6.07) is 5.89. The van der Waals surface area contributed by atoms with Crippen LogP contribution in [-0.4, -0.2) is 45.2 Å². The van der Waals surface area contributed by atoms with Crippen LogP contribution in [0, 0.1) is 0 Å². The predicted octanol–water partition coefficient (Wildman–Crippen LogP) is 1.20. The number of benzene rings is 1. The second-order valence-corrected chi connectivity index (χ2v) is 4.68. The highest BCUT2D eigenvalue weighted by molar-refractivity contribution is 5.76. The molecule has 1 unspecified atom stereocenters. The number of amides is 1. The molecule has 0 aliphatic carbocycles. The van der Waals surface area contributed by atoms with E-state index in [2.05, 4.69) is 5.32 Å². The molecule has 0 aromatic heterocycles. The van der Waals surface area contributed by atoms with Crippen molar-refractivity contribution in [3.8, 4) is 11.5 Å². The lowest BCUT2D eigenvalue weighted by Gasteiger charge is -2.22. The van der Waals surface area contributed by atoms with Gasteiger partial charge in [0.25, 0.3) is 0 Å². The SMILES string of the molecule is COc1cc(OC)cc(C2CN(C)C(=O)CCN2)c1. The standard InChI is InChI=1S/C14H20N2O3/c1-16-9-13(15-5-4-14(16)17)10-6-11(18-2)8-12(7-10)19-3/h6-8,13,15H,4-5,9H2,1-3H3. The number of carbonyl (C=O) groups excluding carboxylic acids is 1. The van der Waals surface area contributed by atoms with Gasteiger partial charge in [-0.05, 0) is 17.7 Å². The van der Waals surface area contributed by atoms with Crippen molar-refractivity contribution in [2.24, 2.45) is 0 Å². The van der Waals surface area contributed by atoms with Crippen molar-refractivity contribution in [3.63, 3.8) is 0 Å². The molecule has 1 N–H and O–H groups in total. The number of likely N-dealkylation sites (N-methyl/N-ethyl adjacent to an activating group) is 1. The van der Waals surface area contributed by atoms with Crippen LogP contribution < -0.4 is 14.8 Å². The Kier molecular flexibility index (Phi) is 4.27. The molecule has 0 spiro atoms. The van der Waals surface area contributed by atoms with Crippen molar-refractivity contribution in [1.29, 1.82) is 0 Å². The van der Waals surface area contributed by atoms with E-state index < -0.39 is 0 Å². The van der Waals surface area contributed by atoms with Crippen molar-refractivity contribution in [2.45, 2.75) is 12.5 Å². The summed E-state index contributed by atoms with van der Waals surface area (Å²) in [5.74, 6) is 1.69. The van der Waals surface area contributed by atoms with Gasteiger partial charge in [-0.1, -0.05) is 0 Å². The van der Waals surface area contributed by atoms with Crippen LogP contribution in [0.2, 0.25) is 0 Å². The summed E-state index contributed by atoms with van der Waals surface area (Å²) in [6.45, 7) is 1.34. The zero-order chi connectivity index (χ0) is 13.8. The van der Waals surface area contributed by atoms with Crippen LogP contribution >= 0.6 is 0 Å². The number of rotatable bonds is 3. The fraction of sp³-hybridized carbons (Fsp3) is 0.500. The molecule has 0 saturated carbocycles. The molecule has 1 aromatic rings. The van der Waals surface area contributed by atoms with E-state index in [1.54, 1.807) is 19.1 Å². The predicted molar refractivity (Wildman–Crippen MR) is 72.5 cm³/mol. The molecule has 1 atom stereocenters. The first-order valence-corrected chi connectivity index (χ1v) is 6.34. The van der Waals surface area contributed by atoms with E-state index in [1.807, 2.05) is 25.2 Å². The molecular formula is C14H20N2O3. The van der Waals surface area contributed by atoms with Gasteiger partial charge in [0, 0.05) is 32.6 Å². The Bertz CT molecular complexity index is 440. The van der Waals surface area contributed by atoms with Crippen molar-refractivity contribution in [1.82, 2.24) is 10.2 Å². The number of ether oxygens (including phenoxy) is 2. The first-order valence-electron chi connectivity index (χ1n) is 6.34. The topological polar surface area (TPSA) is 50.8 Å². The summed E-state index contributed by atoms with van der Waals surface area (Å²) in [4.78, 5) is 13.4. The van der Waals surface area contributed by atoms with Crippen LogP contribution in [0.25, 0.3) is 0 Å². The highest BCUT2D eigenvalue weighted by atomic mass is 16.5. The Morgan fingerprint density at radius 3 is 2.42 bits per heavy atom. The van der Waals surface area contributed by atoms with E-state index >= 15 is 0 Å². The summed E-state index contributed by atoms with van der Waals surface area (Å²) in [5, 5.41) is 3.39. The molecule has 1 aromatic carbocycles. The number of carbonyl (C=O) groups is 1. The lowest BCUT2D eigenvalue weighted by atomic mass is 10.1. The molecule has 0 radical (unpaired) electrons. The van der Waals surface area contributed by atoms with E-state index in [1.165, 1.54) is 0 Å². The average molecular weight is 264 g/mol. The van der Waals surface area contributed by atoms with Crippen molar-refractivity contribution >= 4 is 5.91 Å². The van der Waals surface area contributed by atoms with Crippen LogP contribution in [0.3, 0.4) is 0 Å². The lowest BCUT2D eigenvalue weighted by Crippen LogP contribution is -2.31. The molecule has 104 valence electrons. The summed E-state index contributed by atoms with van der Waals surface area (Å²) in [7, 11) is 5.10. The van der Waals surface area contributed by atoms with E-state index in [9.17, 15) is 4.79 Å². The monoisotopic (exact) mass is 264 g/mol. The van der Waals surface area contributed by atoms with Crippen LogP contribution in [-0.2, 0) is 4.79 Å². The molecule has 19 heavy (non-hydrogen) atoms. The molecule has 1 saturated heterocycles. The van der Waals surface area contributed by atoms with Crippen molar-refractivity contribution in [2.75, 3.05) is 34.4 Å². The molecule has 2 rings (SSSR count). The number of hydrogen-bond acceptors (Lipinski definition) is 4. The minimum atomic E-state index is 0.0976. The first kappa shape index (κ1) is 13.7. The Balaban J connectivity index is 2.26. The number of methoxy groups -OCH3 is 2. The van der Waals surface area contributed by atoms with Crippen molar-refractivity contribution in [3.05, 3.63) is 23.8 Å². The Morgan fingerprint density at radius 1 is 1.21 bits per heavy atom. The van der Waals surface area contributed by atoms with Gasteiger partial charge in [0.15, 0.2) is 0 Å². The highest BCUT2D eigenvalue weighted by Gasteiger charge is 2.22. The fourth-order valence-electron chi connectivity index (χ4n) is 2.24. The van der Waals surface area contributed by atoms with Gasteiger partial charge >= 0.3 is 0 Å². The van der Waals surface area contributed by atoms with E-state index in [0.29, 0.717) is 19.5 Å². The quantitative estimate of drug-likeness (QED) is 0.891. The maximum absolute atomic E-state index is 11.7. The molecule has 1 aliphatic heterocycles. The Hall–Kier alpha value is -1.75. The zero-order valence-electron chi connectivity index (χ0n) is 11.6. The molecule has 1 fully saturated rings. The Morgan fingerprint density at radius 2 is 1.84 bits per heavy atom. The van der Waals surface area contributed by atoms with Gasteiger partial charge in [0.1, 0.15) is 11.5 Å². The van der Waals surface area contributed by atoms with E-state index in [0.717, 1.165) is 17.1 Å². The number of nitrogens with one attached hydrogen (secondary N) is 1. The molecule has 5 nitrogen and oxygen atoms in total. The van der Waals surface area contributed by atoms with E-state index in [4.69, 9.17) is 9.47 Å². The summed E-state index contributed by atoms with van der Waals surface area (Å²) < 4.78 is 10.6. The first-order chi connectivity index (χ1) is 9.13. The summed E-state index contributed by atoms with van der Waals surface area (Å²) in [5.41, 5.74) is 1.07. The number of nitrogens with zero attached hydrogens (tertiary/aromatic N) is 1. The van der Waals surface area contributed by atoms with E-state index in [-0.39, 0.29) is 11.9 Å². The second-order valence-electron chi connectivity index (χ2n) is 4.68. The van der Waals surface area contributed by atoms with Gasteiger partial charge in [0.05, 0.1) is 20.3 Å². The molecule has 1 heterocycles. The minimum Gasteiger partial charge on any atom is -0.497 e. The van der Waals surface area contributed by atoms with Gasteiger partial charge in [-0.2, -0.15) is 0 Å². The molecule has 1 aliphatic rings. The third-order valence-electron chi connectivity index (χ3n) is 3.39. The van der Waals surface area contributed by atoms with Crippen molar-refractivity contribution < 1.29 is 14.3 Å². The lowest BCUT2D eigenvalue weighted by molar-refractivity contribution is -0.129. The minimum absolute atomic E-state index is 0.0976. The third-order valence-corrected chi connectivity index (χ3v) is 3.39. The van der Waals surface area contributed by atoms with Gasteiger partial charge in [-0.25, -0.2) is 0 Å². The van der Waals surface area contributed by atoms with Gasteiger partial charge < -0.3 is 19.7 Å². The summed E-state index contributed by atoms with van der Waals surface area (Å²) in [6.07, 6.45) is 0.536. The maximum atomic E-state index is 11.7. The van der Waals surface area contributed by atoms with Gasteiger partial charge in [-0.15, -0.1) is 0 Å². The Labute approximate surface area is 113 Å². The second kappa shape index (κ2) is 5.93. The maximum Gasteiger partial charge on any atom is 0.223 e. The zero-order valence-corrected chi connectivity index (χ0v) is 11.6. The average Bonchev–Trinajstić information content (AvgIpc) is 2.60. The molecule has 5 heteroatoms. The number of hydrogen-bond donors (Lipinski definition) is 1. The van der Waals surface area contributed by atoms with Gasteiger partial charge in [0.2, 0.25) is 5.91 Å². The van der Waals surface area contributed by atoms with Gasteiger partial charge in [-0.3, -0.25) is 4.79 Å². The normalized spacial score (nSPS) is 20.1. The van der Waals surface area contributed by atoms with Crippen LogP contribution in [0.15, 0.2) is 18.2 Å². The van der Waals surface area contributed by atoms with Crippen LogP contribution in [0.4, 0.5) is 0 Å². The molecular weight excluding hydrogens is 244 g/mol. The molecule has 1 amide bonds. The third kappa shape index (κ3) is 3.17. The van der Waals surface area contributed by atoms with Crippen LogP contribution in [0.5, 0.6) is 11.5 Å². The smallest absolute Gasteiger partial charge is 0.223 e. The van der Waals surface area contributed by atoms with Crippen LogP contribution in [0.1, 0.15) is 18.0 Å². The summed E-state index contributed by atoms with van der Waals surface area (Å²) >= 11 is 0. The fourth-order valence-corrected chi connectivity index (χ4v) is 2.24. The highest BCUT2D eigenvalue weighted by Crippen LogP contribution is 2.27. The molecule has 0 bridgehead atoms. The largest absolute Gasteiger partial charge is 0.497 e.